The topological polar surface area (TPSA) is 55.4 Å². The molecule has 120 valence electrons. The van der Waals surface area contributed by atoms with Gasteiger partial charge in [0.25, 0.3) is 5.91 Å². The number of carbonyl (C=O) groups is 2. The number of benzene rings is 1. The maximum atomic E-state index is 12.6. The highest BCUT2D eigenvalue weighted by molar-refractivity contribution is 5.97. The minimum atomic E-state index is -4.55. The Bertz CT molecular complexity index is 582. The smallest absolute Gasteiger partial charge is 0.416 e. The molecule has 0 fully saturated rings. The van der Waals surface area contributed by atoms with Gasteiger partial charge in [0.15, 0.2) is 0 Å². The van der Waals surface area contributed by atoms with Crippen LogP contribution in [0.5, 0.6) is 0 Å². The van der Waals surface area contributed by atoms with Crippen LogP contribution in [-0.4, -0.2) is 25.0 Å². The molecular formula is C15H16F3NO3. The standard InChI is InChI=1S/C15H16F3NO3/c1-9(2)7-12(14(21)22-3)19-13(20)10-5-4-6-11(8-10)15(16,17)18/h4-6,8,12H,1,7H2,2-3H3,(H,19,20)/t12-/m1/s1. The molecule has 0 saturated carbocycles. The minimum Gasteiger partial charge on any atom is -0.467 e. The number of amides is 1. The summed E-state index contributed by atoms with van der Waals surface area (Å²) >= 11 is 0. The molecule has 1 atom stereocenters. The Morgan fingerprint density at radius 1 is 1.36 bits per heavy atom. The zero-order chi connectivity index (χ0) is 16.9. The van der Waals surface area contributed by atoms with Crippen LogP contribution in [0, 0.1) is 0 Å². The molecule has 0 spiro atoms. The van der Waals surface area contributed by atoms with Crippen LogP contribution in [0.2, 0.25) is 0 Å². The molecule has 4 nitrogen and oxygen atoms in total. The van der Waals surface area contributed by atoms with E-state index in [9.17, 15) is 22.8 Å². The number of ether oxygens (including phenoxy) is 1. The van der Waals surface area contributed by atoms with E-state index in [0.717, 1.165) is 25.3 Å². The molecule has 0 unspecified atom stereocenters. The lowest BCUT2D eigenvalue weighted by Gasteiger charge is -2.17. The molecular weight excluding hydrogens is 299 g/mol. The third-order valence-corrected chi connectivity index (χ3v) is 2.80. The van der Waals surface area contributed by atoms with Gasteiger partial charge < -0.3 is 10.1 Å². The molecule has 1 aromatic carbocycles. The van der Waals surface area contributed by atoms with Gasteiger partial charge in [-0.25, -0.2) is 4.79 Å². The summed E-state index contributed by atoms with van der Waals surface area (Å²) in [4.78, 5) is 23.6. The van der Waals surface area contributed by atoms with Crippen molar-refractivity contribution in [2.75, 3.05) is 7.11 Å². The summed E-state index contributed by atoms with van der Waals surface area (Å²) in [6.07, 6.45) is -4.41. The first kappa shape index (κ1) is 17.7. The second-order valence-electron chi connectivity index (χ2n) is 4.79. The summed E-state index contributed by atoms with van der Waals surface area (Å²) in [5.41, 5.74) is -0.500. The lowest BCUT2D eigenvalue weighted by molar-refractivity contribution is -0.143. The zero-order valence-corrected chi connectivity index (χ0v) is 12.2. The summed E-state index contributed by atoms with van der Waals surface area (Å²) < 4.78 is 42.4. The monoisotopic (exact) mass is 315 g/mol. The van der Waals surface area contributed by atoms with Crippen LogP contribution >= 0.6 is 0 Å². The summed E-state index contributed by atoms with van der Waals surface area (Å²) in [7, 11) is 1.16. The number of alkyl halides is 3. The number of halogens is 3. The van der Waals surface area contributed by atoms with Gasteiger partial charge in [0.1, 0.15) is 6.04 Å². The molecule has 0 aromatic heterocycles. The normalized spacial score (nSPS) is 12.4. The number of carbonyl (C=O) groups excluding carboxylic acids is 2. The van der Waals surface area contributed by atoms with Crippen molar-refractivity contribution in [2.45, 2.75) is 25.6 Å². The van der Waals surface area contributed by atoms with Gasteiger partial charge in [0, 0.05) is 5.56 Å². The summed E-state index contributed by atoms with van der Waals surface area (Å²) in [5.74, 6) is -1.48. The highest BCUT2D eigenvalue weighted by Crippen LogP contribution is 2.29. The van der Waals surface area contributed by atoms with Crippen molar-refractivity contribution in [3.63, 3.8) is 0 Å². The predicted octanol–water partition coefficient (Wildman–Crippen LogP) is 2.94. The molecule has 0 aliphatic heterocycles. The minimum absolute atomic E-state index is 0.136. The molecule has 0 radical (unpaired) electrons. The molecule has 22 heavy (non-hydrogen) atoms. The van der Waals surface area contributed by atoms with E-state index in [0.29, 0.717) is 5.57 Å². The van der Waals surface area contributed by atoms with Gasteiger partial charge in [-0.05, 0) is 31.5 Å². The van der Waals surface area contributed by atoms with Gasteiger partial charge in [0.05, 0.1) is 12.7 Å². The number of hydrogen-bond donors (Lipinski definition) is 1. The third-order valence-electron chi connectivity index (χ3n) is 2.80. The van der Waals surface area contributed by atoms with E-state index in [1.54, 1.807) is 6.92 Å². The van der Waals surface area contributed by atoms with Crippen LogP contribution in [0.3, 0.4) is 0 Å². The predicted molar refractivity (Wildman–Crippen MR) is 74.1 cm³/mol. The summed E-state index contributed by atoms with van der Waals surface area (Å²) in [6.45, 7) is 5.29. The average molecular weight is 315 g/mol. The lowest BCUT2D eigenvalue weighted by Crippen LogP contribution is -2.41. The van der Waals surface area contributed by atoms with Gasteiger partial charge in [-0.3, -0.25) is 4.79 Å². The van der Waals surface area contributed by atoms with Gasteiger partial charge in [-0.1, -0.05) is 11.6 Å². The molecule has 0 bridgehead atoms. The van der Waals surface area contributed by atoms with E-state index in [4.69, 9.17) is 0 Å². The van der Waals surface area contributed by atoms with Crippen molar-refractivity contribution >= 4 is 11.9 Å². The zero-order valence-electron chi connectivity index (χ0n) is 12.2. The highest BCUT2D eigenvalue weighted by atomic mass is 19.4. The van der Waals surface area contributed by atoms with E-state index in [-0.39, 0.29) is 12.0 Å². The largest absolute Gasteiger partial charge is 0.467 e. The lowest BCUT2D eigenvalue weighted by atomic mass is 10.1. The summed E-state index contributed by atoms with van der Waals surface area (Å²) in [5, 5.41) is 2.35. The van der Waals surface area contributed by atoms with Crippen molar-refractivity contribution in [3.8, 4) is 0 Å². The van der Waals surface area contributed by atoms with Gasteiger partial charge in [-0.2, -0.15) is 13.2 Å². The Kier molecular flexibility index (Phi) is 5.73. The molecule has 1 rings (SSSR count). The Morgan fingerprint density at radius 2 is 2.00 bits per heavy atom. The molecule has 0 aliphatic carbocycles. The fourth-order valence-electron chi connectivity index (χ4n) is 1.76. The fraction of sp³-hybridized carbons (Fsp3) is 0.333. The quantitative estimate of drug-likeness (QED) is 0.671. The highest BCUT2D eigenvalue weighted by Gasteiger charge is 2.31. The molecule has 1 aromatic rings. The van der Waals surface area contributed by atoms with E-state index in [2.05, 4.69) is 16.6 Å². The molecule has 0 aliphatic rings. The SMILES string of the molecule is C=C(C)C[C@@H](NC(=O)c1cccc(C(F)(F)F)c1)C(=O)OC. The first-order valence-electron chi connectivity index (χ1n) is 6.35. The Morgan fingerprint density at radius 3 is 2.50 bits per heavy atom. The Labute approximate surface area is 126 Å². The van der Waals surface area contributed by atoms with Gasteiger partial charge in [-0.15, -0.1) is 6.58 Å². The molecule has 0 saturated heterocycles. The van der Waals surface area contributed by atoms with Crippen LogP contribution in [-0.2, 0) is 15.7 Å². The Balaban J connectivity index is 2.95. The van der Waals surface area contributed by atoms with Gasteiger partial charge in [0.2, 0.25) is 0 Å². The number of esters is 1. The van der Waals surface area contributed by atoms with Crippen molar-refractivity contribution in [1.82, 2.24) is 5.32 Å². The average Bonchev–Trinajstić information content (AvgIpc) is 2.44. The second-order valence-corrected chi connectivity index (χ2v) is 4.79. The number of methoxy groups -OCH3 is 1. The van der Waals surface area contributed by atoms with Crippen molar-refractivity contribution in [1.29, 1.82) is 0 Å². The van der Waals surface area contributed by atoms with E-state index >= 15 is 0 Å². The van der Waals surface area contributed by atoms with Crippen LogP contribution in [0.25, 0.3) is 0 Å². The fourth-order valence-corrected chi connectivity index (χ4v) is 1.76. The molecule has 0 heterocycles. The van der Waals surface area contributed by atoms with E-state index < -0.39 is 29.7 Å². The molecule has 7 heteroatoms. The number of nitrogens with one attached hydrogen (secondary N) is 1. The summed E-state index contributed by atoms with van der Waals surface area (Å²) in [6, 6.07) is 2.96. The third kappa shape index (κ3) is 4.91. The van der Waals surface area contributed by atoms with Crippen molar-refractivity contribution < 1.29 is 27.5 Å². The van der Waals surface area contributed by atoms with Crippen LogP contribution in [0.1, 0.15) is 29.3 Å². The van der Waals surface area contributed by atoms with Crippen LogP contribution in [0.4, 0.5) is 13.2 Å². The van der Waals surface area contributed by atoms with E-state index in [1.165, 1.54) is 6.07 Å². The number of hydrogen-bond acceptors (Lipinski definition) is 3. The maximum Gasteiger partial charge on any atom is 0.416 e. The second kappa shape index (κ2) is 7.11. The van der Waals surface area contributed by atoms with E-state index in [1.807, 2.05) is 0 Å². The first-order valence-corrected chi connectivity index (χ1v) is 6.35. The molecule has 1 amide bonds. The maximum absolute atomic E-state index is 12.6. The van der Waals surface area contributed by atoms with Crippen LogP contribution in [0.15, 0.2) is 36.4 Å². The van der Waals surface area contributed by atoms with Crippen molar-refractivity contribution in [2.24, 2.45) is 0 Å². The molecule has 1 N–H and O–H groups in total. The van der Waals surface area contributed by atoms with Gasteiger partial charge >= 0.3 is 12.1 Å². The Hall–Kier alpha value is -2.31. The first-order chi connectivity index (χ1) is 10.1. The van der Waals surface area contributed by atoms with Crippen molar-refractivity contribution in [3.05, 3.63) is 47.5 Å². The number of rotatable bonds is 5. The van der Waals surface area contributed by atoms with Crippen LogP contribution < -0.4 is 5.32 Å².